The first-order valence-corrected chi connectivity index (χ1v) is 9.13. The van der Waals surface area contributed by atoms with Crippen LogP contribution in [0.25, 0.3) is 0 Å². The fourth-order valence-corrected chi connectivity index (χ4v) is 2.88. The number of para-hydroxylation sites is 1. The Bertz CT molecular complexity index is 998. The number of hydrogen-bond acceptors (Lipinski definition) is 6. The molecule has 0 bridgehead atoms. The normalized spacial score (nSPS) is 15.2. The van der Waals surface area contributed by atoms with Crippen LogP contribution in [0.5, 0.6) is 17.2 Å². The highest BCUT2D eigenvalue weighted by Crippen LogP contribution is 2.30. The number of hydrogen-bond donors (Lipinski definition) is 0. The van der Waals surface area contributed by atoms with E-state index >= 15 is 0 Å². The van der Waals surface area contributed by atoms with Crippen LogP contribution < -0.4 is 9.47 Å². The maximum atomic E-state index is 11.5. The first-order chi connectivity index (χ1) is 14.2. The van der Waals surface area contributed by atoms with Crippen molar-refractivity contribution in [3.8, 4) is 17.2 Å². The van der Waals surface area contributed by atoms with E-state index in [4.69, 9.17) is 14.3 Å². The van der Waals surface area contributed by atoms with Crippen molar-refractivity contribution in [2.24, 2.45) is 5.16 Å². The second-order valence-corrected chi connectivity index (χ2v) is 6.39. The first kappa shape index (κ1) is 18.6. The Kier molecular flexibility index (Phi) is 5.42. The molecule has 0 saturated carbocycles. The van der Waals surface area contributed by atoms with Crippen LogP contribution >= 0.6 is 0 Å². The molecule has 146 valence electrons. The SMILES string of the molecule is COC(=O)c1ccc(OC2=NO[C@H](c3ccc(Oc4ccccc4)cc3)C2)cc1. The smallest absolute Gasteiger partial charge is 0.337 e. The Morgan fingerprint density at radius 2 is 1.48 bits per heavy atom. The van der Waals surface area contributed by atoms with Crippen LogP contribution in [0.2, 0.25) is 0 Å². The molecule has 0 aliphatic carbocycles. The zero-order chi connectivity index (χ0) is 20.1. The molecule has 0 spiro atoms. The largest absolute Gasteiger partial charge is 0.465 e. The van der Waals surface area contributed by atoms with Gasteiger partial charge in [-0.15, -0.1) is 0 Å². The van der Waals surface area contributed by atoms with Crippen LogP contribution in [0.3, 0.4) is 0 Å². The molecular weight excluding hydrogens is 370 g/mol. The van der Waals surface area contributed by atoms with Crippen LogP contribution in [0.1, 0.15) is 28.4 Å². The van der Waals surface area contributed by atoms with E-state index < -0.39 is 5.97 Å². The maximum Gasteiger partial charge on any atom is 0.337 e. The van der Waals surface area contributed by atoms with Crippen molar-refractivity contribution in [3.63, 3.8) is 0 Å². The predicted molar refractivity (Wildman–Crippen MR) is 107 cm³/mol. The van der Waals surface area contributed by atoms with E-state index in [9.17, 15) is 4.79 Å². The monoisotopic (exact) mass is 389 g/mol. The quantitative estimate of drug-likeness (QED) is 0.567. The minimum Gasteiger partial charge on any atom is -0.465 e. The lowest BCUT2D eigenvalue weighted by atomic mass is 10.1. The number of carbonyl (C=O) groups is 1. The van der Waals surface area contributed by atoms with Gasteiger partial charge in [-0.25, -0.2) is 4.79 Å². The molecule has 0 aromatic heterocycles. The number of esters is 1. The number of methoxy groups -OCH3 is 1. The van der Waals surface area contributed by atoms with E-state index in [0.29, 0.717) is 23.6 Å². The van der Waals surface area contributed by atoms with Crippen molar-refractivity contribution >= 4 is 11.9 Å². The summed E-state index contributed by atoms with van der Waals surface area (Å²) in [4.78, 5) is 17.0. The third-order valence-electron chi connectivity index (χ3n) is 4.38. The summed E-state index contributed by atoms with van der Waals surface area (Å²) in [5.41, 5.74) is 1.44. The van der Waals surface area contributed by atoms with Gasteiger partial charge in [0.15, 0.2) is 6.10 Å². The molecule has 0 unspecified atom stereocenters. The first-order valence-electron chi connectivity index (χ1n) is 9.13. The standard InChI is InChI=1S/C23H19NO5/c1-26-23(25)17-9-13-20(14-10-17)28-22-15-21(29-24-22)16-7-11-19(12-8-16)27-18-5-3-2-4-6-18/h2-14,21H,15H2,1H3/t21-/m0/s1. The molecule has 0 radical (unpaired) electrons. The number of carbonyl (C=O) groups excluding carboxylic acids is 1. The Morgan fingerprint density at radius 3 is 2.17 bits per heavy atom. The van der Waals surface area contributed by atoms with Crippen LogP contribution in [0, 0.1) is 0 Å². The highest BCUT2D eigenvalue weighted by Gasteiger charge is 2.24. The van der Waals surface area contributed by atoms with Crippen molar-refractivity contribution in [1.82, 2.24) is 0 Å². The Balaban J connectivity index is 1.33. The Hall–Kier alpha value is -3.80. The highest BCUT2D eigenvalue weighted by atomic mass is 16.7. The number of nitrogens with zero attached hydrogens (tertiary/aromatic N) is 1. The molecule has 1 aliphatic heterocycles. The molecule has 1 atom stereocenters. The zero-order valence-electron chi connectivity index (χ0n) is 15.8. The fourth-order valence-electron chi connectivity index (χ4n) is 2.88. The molecule has 6 nitrogen and oxygen atoms in total. The fraction of sp³-hybridized carbons (Fsp3) is 0.130. The minimum atomic E-state index is -0.391. The summed E-state index contributed by atoms with van der Waals surface area (Å²) < 4.78 is 16.2. The maximum absolute atomic E-state index is 11.5. The van der Waals surface area contributed by atoms with Gasteiger partial charge >= 0.3 is 5.97 Å². The molecule has 1 aliphatic rings. The summed E-state index contributed by atoms with van der Waals surface area (Å²) in [5, 5.41) is 4.02. The van der Waals surface area contributed by atoms with Crippen molar-refractivity contribution in [2.45, 2.75) is 12.5 Å². The van der Waals surface area contributed by atoms with Crippen molar-refractivity contribution in [1.29, 1.82) is 0 Å². The molecule has 1 heterocycles. The van der Waals surface area contributed by atoms with Gasteiger partial charge < -0.3 is 19.0 Å². The summed E-state index contributed by atoms with van der Waals surface area (Å²) in [6.45, 7) is 0. The van der Waals surface area contributed by atoms with Gasteiger partial charge in [-0.2, -0.15) is 0 Å². The summed E-state index contributed by atoms with van der Waals surface area (Å²) in [5.74, 6) is 2.20. The van der Waals surface area contributed by atoms with E-state index in [1.807, 2.05) is 54.6 Å². The van der Waals surface area contributed by atoms with Gasteiger partial charge in [-0.05, 0) is 54.1 Å². The van der Waals surface area contributed by atoms with Gasteiger partial charge in [-0.3, -0.25) is 0 Å². The summed E-state index contributed by atoms with van der Waals surface area (Å²) >= 11 is 0. The number of oxime groups is 1. The van der Waals surface area contributed by atoms with Gasteiger partial charge in [0.2, 0.25) is 5.90 Å². The van der Waals surface area contributed by atoms with Crippen LogP contribution in [-0.4, -0.2) is 19.0 Å². The molecule has 3 aromatic rings. The van der Waals surface area contributed by atoms with Gasteiger partial charge in [0.1, 0.15) is 17.2 Å². The lowest BCUT2D eigenvalue weighted by molar-refractivity contribution is 0.0600. The number of rotatable bonds is 5. The molecule has 0 amide bonds. The molecule has 4 rings (SSSR count). The average molecular weight is 389 g/mol. The molecule has 3 aromatic carbocycles. The lowest BCUT2D eigenvalue weighted by Crippen LogP contribution is -2.08. The average Bonchev–Trinajstić information content (AvgIpc) is 3.23. The minimum absolute atomic E-state index is 0.217. The topological polar surface area (TPSA) is 66.4 Å². The van der Waals surface area contributed by atoms with E-state index in [0.717, 1.165) is 17.1 Å². The van der Waals surface area contributed by atoms with Crippen molar-refractivity contribution in [2.75, 3.05) is 7.11 Å². The van der Waals surface area contributed by atoms with E-state index in [1.165, 1.54) is 7.11 Å². The van der Waals surface area contributed by atoms with E-state index in [1.54, 1.807) is 24.3 Å². The van der Waals surface area contributed by atoms with E-state index in [2.05, 4.69) is 9.89 Å². The molecule has 29 heavy (non-hydrogen) atoms. The van der Waals surface area contributed by atoms with E-state index in [-0.39, 0.29) is 6.10 Å². The van der Waals surface area contributed by atoms with Crippen molar-refractivity contribution in [3.05, 3.63) is 90.0 Å². The number of benzene rings is 3. The summed E-state index contributed by atoms with van der Waals surface area (Å²) in [7, 11) is 1.35. The predicted octanol–water partition coefficient (Wildman–Crippen LogP) is 5.12. The second-order valence-electron chi connectivity index (χ2n) is 6.39. The Labute approximate surface area is 168 Å². The van der Waals surface area contributed by atoms with Crippen LogP contribution in [0.15, 0.2) is 84.0 Å². The highest BCUT2D eigenvalue weighted by molar-refractivity contribution is 5.89. The zero-order valence-corrected chi connectivity index (χ0v) is 15.8. The summed E-state index contributed by atoms with van der Waals surface area (Å²) in [6.07, 6.45) is 0.294. The molecule has 0 saturated heterocycles. The third kappa shape index (κ3) is 4.55. The molecule has 0 N–H and O–H groups in total. The van der Waals surface area contributed by atoms with Crippen LogP contribution in [-0.2, 0) is 9.57 Å². The lowest BCUT2D eigenvalue weighted by Gasteiger charge is -2.10. The Morgan fingerprint density at radius 1 is 0.862 bits per heavy atom. The molecule has 0 fully saturated rings. The van der Waals surface area contributed by atoms with Gasteiger partial charge in [-0.1, -0.05) is 35.5 Å². The molecular formula is C23H19NO5. The molecule has 6 heteroatoms. The van der Waals surface area contributed by atoms with Crippen molar-refractivity contribution < 1.29 is 23.8 Å². The summed E-state index contributed by atoms with van der Waals surface area (Å²) in [6, 6.07) is 24.0. The third-order valence-corrected chi connectivity index (χ3v) is 4.38. The van der Waals surface area contributed by atoms with Gasteiger partial charge in [0.05, 0.1) is 19.1 Å². The van der Waals surface area contributed by atoms with Gasteiger partial charge in [0, 0.05) is 0 Å². The van der Waals surface area contributed by atoms with Gasteiger partial charge in [0.25, 0.3) is 0 Å². The number of ether oxygens (including phenoxy) is 3. The second kappa shape index (κ2) is 8.48. The van der Waals surface area contributed by atoms with Crippen LogP contribution in [0.4, 0.5) is 0 Å².